The van der Waals surface area contributed by atoms with E-state index in [0.717, 1.165) is 18.8 Å². The molecule has 6 heteroatoms. The van der Waals surface area contributed by atoms with Crippen molar-refractivity contribution < 1.29 is 8.42 Å². The lowest BCUT2D eigenvalue weighted by Crippen LogP contribution is -2.18. The van der Waals surface area contributed by atoms with Crippen molar-refractivity contribution in [2.24, 2.45) is 0 Å². The highest BCUT2D eigenvalue weighted by atomic mass is 35.5. The first-order valence-electron chi connectivity index (χ1n) is 7.18. The number of benzene rings is 2. The summed E-state index contributed by atoms with van der Waals surface area (Å²) in [5, 5.41) is 0.397. The van der Waals surface area contributed by atoms with Gasteiger partial charge in [-0.15, -0.1) is 0 Å². The van der Waals surface area contributed by atoms with Crippen LogP contribution in [0, 0.1) is 0 Å². The van der Waals surface area contributed by atoms with E-state index in [0.29, 0.717) is 10.7 Å². The molecule has 116 valence electrons. The van der Waals surface area contributed by atoms with Gasteiger partial charge in [0, 0.05) is 23.8 Å². The molecule has 4 nitrogen and oxygen atoms in total. The fourth-order valence-electron chi connectivity index (χ4n) is 2.59. The number of nitrogens with one attached hydrogen (secondary N) is 1. The van der Waals surface area contributed by atoms with E-state index in [1.165, 1.54) is 25.0 Å². The molecular weight excluding hydrogens is 320 g/mol. The molecule has 0 saturated carbocycles. The van der Waals surface area contributed by atoms with Crippen LogP contribution in [0.25, 0.3) is 0 Å². The Balaban J connectivity index is 1.84. The molecule has 1 saturated heterocycles. The predicted octanol–water partition coefficient (Wildman–Crippen LogP) is 3.74. The summed E-state index contributed by atoms with van der Waals surface area (Å²) in [5.74, 6) is 0. The molecule has 0 amide bonds. The first-order valence-corrected chi connectivity index (χ1v) is 9.04. The van der Waals surface area contributed by atoms with Crippen molar-refractivity contribution in [2.75, 3.05) is 22.7 Å². The van der Waals surface area contributed by atoms with E-state index in [9.17, 15) is 8.42 Å². The second-order valence-corrected chi connectivity index (χ2v) is 7.43. The summed E-state index contributed by atoms with van der Waals surface area (Å²) in [6.07, 6.45) is 2.36. The van der Waals surface area contributed by atoms with Crippen molar-refractivity contribution in [2.45, 2.75) is 17.7 Å². The van der Waals surface area contributed by atoms with Crippen LogP contribution in [-0.2, 0) is 10.0 Å². The van der Waals surface area contributed by atoms with Crippen LogP contribution in [0.1, 0.15) is 12.8 Å². The van der Waals surface area contributed by atoms with E-state index < -0.39 is 10.0 Å². The summed E-state index contributed by atoms with van der Waals surface area (Å²) in [5.41, 5.74) is 1.60. The first kappa shape index (κ1) is 15.2. The van der Waals surface area contributed by atoms with E-state index in [1.807, 2.05) is 18.2 Å². The Morgan fingerprint density at radius 2 is 1.73 bits per heavy atom. The molecule has 1 aliphatic rings. The molecule has 0 radical (unpaired) electrons. The van der Waals surface area contributed by atoms with Crippen molar-refractivity contribution in [1.82, 2.24) is 0 Å². The van der Waals surface area contributed by atoms with Crippen molar-refractivity contribution in [3.63, 3.8) is 0 Å². The second kappa shape index (κ2) is 6.18. The lowest BCUT2D eigenvalue weighted by atomic mass is 10.2. The van der Waals surface area contributed by atoms with Gasteiger partial charge in [0.2, 0.25) is 0 Å². The van der Waals surface area contributed by atoms with E-state index >= 15 is 0 Å². The molecule has 0 atom stereocenters. The lowest BCUT2D eigenvalue weighted by Gasteiger charge is -2.18. The summed E-state index contributed by atoms with van der Waals surface area (Å²) >= 11 is 5.87. The molecule has 0 bridgehead atoms. The normalized spacial score (nSPS) is 15.0. The van der Waals surface area contributed by atoms with Gasteiger partial charge in [0.25, 0.3) is 10.0 Å². The molecule has 0 unspecified atom stereocenters. The van der Waals surface area contributed by atoms with Gasteiger partial charge < -0.3 is 4.90 Å². The van der Waals surface area contributed by atoms with Crippen LogP contribution in [0.15, 0.2) is 53.4 Å². The fraction of sp³-hybridized carbons (Fsp3) is 0.250. The Kier molecular flexibility index (Phi) is 4.27. The van der Waals surface area contributed by atoms with Gasteiger partial charge in [-0.05, 0) is 49.2 Å². The molecule has 0 aromatic heterocycles. The van der Waals surface area contributed by atoms with Crippen molar-refractivity contribution in [3.8, 4) is 0 Å². The summed E-state index contributed by atoms with van der Waals surface area (Å²) in [6, 6.07) is 13.7. The highest BCUT2D eigenvalue weighted by molar-refractivity contribution is 7.92. The fourth-order valence-corrected chi connectivity index (χ4v) is 3.94. The minimum absolute atomic E-state index is 0.159. The third kappa shape index (κ3) is 3.36. The van der Waals surface area contributed by atoms with Crippen LogP contribution in [-0.4, -0.2) is 21.5 Å². The summed E-state index contributed by atoms with van der Waals surface area (Å²) in [4.78, 5) is 2.42. The van der Waals surface area contributed by atoms with Crippen LogP contribution in [0.5, 0.6) is 0 Å². The predicted molar refractivity (Wildman–Crippen MR) is 90.1 cm³/mol. The number of hydrogen-bond donors (Lipinski definition) is 1. The lowest BCUT2D eigenvalue weighted by molar-refractivity contribution is 0.601. The van der Waals surface area contributed by atoms with Crippen molar-refractivity contribution >= 4 is 33.0 Å². The standard InChI is InChI=1S/C16H17ClN2O2S/c17-13-5-3-8-16(11-13)22(20,21)18-14-6-4-7-15(12-14)19-9-1-2-10-19/h3-8,11-12,18H,1-2,9-10H2. The zero-order chi connectivity index (χ0) is 15.6. The van der Waals surface area contributed by atoms with Gasteiger partial charge in [0.15, 0.2) is 0 Å². The quantitative estimate of drug-likeness (QED) is 0.925. The molecular formula is C16H17ClN2O2S. The van der Waals surface area contributed by atoms with Gasteiger partial charge in [0.1, 0.15) is 0 Å². The van der Waals surface area contributed by atoms with Gasteiger partial charge >= 0.3 is 0 Å². The van der Waals surface area contributed by atoms with E-state index in [-0.39, 0.29) is 4.90 Å². The number of anilines is 2. The average molecular weight is 337 g/mol. The summed E-state index contributed by atoms with van der Waals surface area (Å²) in [7, 11) is -3.63. The Hall–Kier alpha value is -1.72. The molecule has 1 fully saturated rings. The van der Waals surface area contributed by atoms with E-state index in [4.69, 9.17) is 11.6 Å². The Labute approximate surface area is 135 Å². The minimum atomic E-state index is -3.63. The molecule has 1 N–H and O–H groups in total. The van der Waals surface area contributed by atoms with E-state index in [2.05, 4.69) is 9.62 Å². The smallest absolute Gasteiger partial charge is 0.261 e. The first-order chi connectivity index (χ1) is 10.5. The average Bonchev–Trinajstić information content (AvgIpc) is 3.01. The molecule has 1 aliphatic heterocycles. The third-order valence-corrected chi connectivity index (χ3v) is 5.29. The van der Waals surface area contributed by atoms with Gasteiger partial charge in [-0.25, -0.2) is 8.42 Å². The zero-order valence-electron chi connectivity index (χ0n) is 12.0. The highest BCUT2D eigenvalue weighted by Gasteiger charge is 2.16. The molecule has 2 aromatic rings. The van der Waals surface area contributed by atoms with Crippen LogP contribution in [0.2, 0.25) is 5.02 Å². The number of hydrogen-bond acceptors (Lipinski definition) is 3. The Morgan fingerprint density at radius 1 is 1.00 bits per heavy atom. The Bertz CT molecular complexity index is 771. The zero-order valence-corrected chi connectivity index (χ0v) is 13.6. The highest BCUT2D eigenvalue weighted by Crippen LogP contribution is 2.25. The number of sulfonamides is 1. The molecule has 0 aliphatic carbocycles. The number of rotatable bonds is 4. The maximum Gasteiger partial charge on any atom is 0.261 e. The van der Waals surface area contributed by atoms with Gasteiger partial charge in [0.05, 0.1) is 10.6 Å². The summed E-state index contributed by atoms with van der Waals surface area (Å²) in [6.45, 7) is 2.04. The van der Waals surface area contributed by atoms with Crippen LogP contribution in [0.4, 0.5) is 11.4 Å². The van der Waals surface area contributed by atoms with Crippen molar-refractivity contribution in [1.29, 1.82) is 0 Å². The summed E-state index contributed by atoms with van der Waals surface area (Å²) < 4.78 is 27.4. The minimum Gasteiger partial charge on any atom is -0.371 e. The van der Waals surface area contributed by atoms with Crippen LogP contribution >= 0.6 is 11.6 Å². The van der Waals surface area contributed by atoms with Gasteiger partial charge in [-0.1, -0.05) is 23.7 Å². The SMILES string of the molecule is O=S(=O)(Nc1cccc(N2CCCC2)c1)c1cccc(Cl)c1. The van der Waals surface area contributed by atoms with Gasteiger partial charge in [-0.3, -0.25) is 4.72 Å². The number of nitrogens with zero attached hydrogens (tertiary/aromatic N) is 1. The van der Waals surface area contributed by atoms with E-state index in [1.54, 1.807) is 18.2 Å². The van der Waals surface area contributed by atoms with Crippen LogP contribution < -0.4 is 9.62 Å². The third-order valence-electron chi connectivity index (χ3n) is 3.68. The Morgan fingerprint density at radius 3 is 2.45 bits per heavy atom. The molecule has 2 aromatic carbocycles. The molecule has 1 heterocycles. The van der Waals surface area contributed by atoms with Crippen molar-refractivity contribution in [3.05, 3.63) is 53.6 Å². The maximum atomic E-state index is 12.4. The molecule has 0 spiro atoms. The molecule has 3 rings (SSSR count). The molecule has 22 heavy (non-hydrogen) atoms. The van der Waals surface area contributed by atoms with Gasteiger partial charge in [-0.2, -0.15) is 0 Å². The number of halogens is 1. The topological polar surface area (TPSA) is 49.4 Å². The van der Waals surface area contributed by atoms with Crippen LogP contribution in [0.3, 0.4) is 0 Å². The maximum absolute atomic E-state index is 12.4. The second-order valence-electron chi connectivity index (χ2n) is 5.31. The largest absolute Gasteiger partial charge is 0.371 e. The monoisotopic (exact) mass is 336 g/mol.